The number of rotatable bonds is 6. The molecule has 1 unspecified atom stereocenters. The maximum absolute atomic E-state index is 12.4. The highest BCUT2D eigenvalue weighted by atomic mass is 16.2. The standard InChI is InChI=1S/C18H25N3O/c1-2-3-6-10-21-11-9-15(13-21)19-18(22)17-12-14-7-4-5-8-16(14)20-17/h4-5,7-8,12,15,20H,2-3,6,9-11,13H2,1H3,(H,19,22). The number of fused-ring (bicyclic) bond motifs is 1. The second-order valence-electron chi connectivity index (χ2n) is 6.24. The van der Waals surface area contributed by atoms with Crippen molar-refractivity contribution in [1.82, 2.24) is 15.2 Å². The molecule has 0 bridgehead atoms. The van der Waals surface area contributed by atoms with Gasteiger partial charge in [0.2, 0.25) is 0 Å². The lowest BCUT2D eigenvalue weighted by molar-refractivity contribution is 0.0933. The van der Waals surface area contributed by atoms with Crippen LogP contribution >= 0.6 is 0 Å². The fourth-order valence-electron chi connectivity index (χ4n) is 3.20. The van der Waals surface area contributed by atoms with Crippen molar-refractivity contribution >= 4 is 16.8 Å². The molecule has 0 saturated carbocycles. The third-order valence-electron chi connectivity index (χ3n) is 4.46. The molecule has 22 heavy (non-hydrogen) atoms. The molecule has 0 radical (unpaired) electrons. The first-order valence-corrected chi connectivity index (χ1v) is 8.37. The number of aromatic amines is 1. The lowest BCUT2D eigenvalue weighted by Crippen LogP contribution is -2.37. The van der Waals surface area contributed by atoms with E-state index in [2.05, 4.69) is 22.1 Å². The van der Waals surface area contributed by atoms with Gasteiger partial charge in [0.15, 0.2) is 0 Å². The zero-order valence-corrected chi connectivity index (χ0v) is 13.3. The van der Waals surface area contributed by atoms with Gasteiger partial charge in [0.1, 0.15) is 5.69 Å². The van der Waals surface area contributed by atoms with Crippen molar-refractivity contribution in [2.75, 3.05) is 19.6 Å². The number of carbonyl (C=O) groups excluding carboxylic acids is 1. The predicted octanol–water partition coefficient (Wildman–Crippen LogP) is 3.16. The van der Waals surface area contributed by atoms with Gasteiger partial charge >= 0.3 is 0 Å². The first-order valence-electron chi connectivity index (χ1n) is 8.37. The Morgan fingerprint density at radius 2 is 2.23 bits per heavy atom. The summed E-state index contributed by atoms with van der Waals surface area (Å²) in [6.45, 7) is 5.47. The van der Waals surface area contributed by atoms with Crippen LogP contribution in [0.1, 0.15) is 43.1 Å². The van der Waals surface area contributed by atoms with Gasteiger partial charge in [-0.15, -0.1) is 0 Å². The monoisotopic (exact) mass is 299 g/mol. The van der Waals surface area contributed by atoms with Crippen molar-refractivity contribution in [1.29, 1.82) is 0 Å². The second-order valence-corrected chi connectivity index (χ2v) is 6.24. The quantitative estimate of drug-likeness (QED) is 0.805. The Hall–Kier alpha value is -1.81. The van der Waals surface area contributed by atoms with Gasteiger partial charge in [0.25, 0.3) is 5.91 Å². The van der Waals surface area contributed by atoms with Crippen LogP contribution in [-0.2, 0) is 0 Å². The van der Waals surface area contributed by atoms with Crippen LogP contribution in [0.3, 0.4) is 0 Å². The van der Waals surface area contributed by atoms with Gasteiger partial charge in [0, 0.05) is 30.0 Å². The molecule has 3 rings (SSSR count). The number of amides is 1. The van der Waals surface area contributed by atoms with Crippen LogP contribution in [-0.4, -0.2) is 41.5 Å². The van der Waals surface area contributed by atoms with Gasteiger partial charge in [-0.05, 0) is 31.5 Å². The number of hydrogen-bond acceptors (Lipinski definition) is 2. The van der Waals surface area contributed by atoms with Crippen molar-refractivity contribution in [3.05, 3.63) is 36.0 Å². The Morgan fingerprint density at radius 1 is 1.36 bits per heavy atom. The maximum atomic E-state index is 12.4. The molecule has 2 N–H and O–H groups in total. The topological polar surface area (TPSA) is 48.1 Å². The molecule has 4 nitrogen and oxygen atoms in total. The molecular weight excluding hydrogens is 274 g/mol. The summed E-state index contributed by atoms with van der Waals surface area (Å²) >= 11 is 0. The number of H-pyrrole nitrogens is 1. The molecule has 1 aliphatic heterocycles. The summed E-state index contributed by atoms with van der Waals surface area (Å²) in [5, 5.41) is 4.25. The minimum absolute atomic E-state index is 0.0107. The number of benzene rings is 1. The summed E-state index contributed by atoms with van der Waals surface area (Å²) in [4.78, 5) is 18.0. The highest BCUT2D eigenvalue weighted by Gasteiger charge is 2.24. The minimum atomic E-state index is 0.0107. The molecule has 1 aliphatic rings. The summed E-state index contributed by atoms with van der Waals surface area (Å²) < 4.78 is 0. The van der Waals surface area contributed by atoms with Gasteiger partial charge in [-0.3, -0.25) is 4.79 Å². The fraction of sp³-hybridized carbons (Fsp3) is 0.500. The molecule has 2 aromatic rings. The zero-order chi connectivity index (χ0) is 15.4. The predicted molar refractivity (Wildman–Crippen MR) is 90.1 cm³/mol. The largest absolute Gasteiger partial charge is 0.351 e. The summed E-state index contributed by atoms with van der Waals surface area (Å²) in [5.74, 6) is 0.0107. The number of unbranched alkanes of at least 4 members (excludes halogenated alkanes) is 2. The summed E-state index contributed by atoms with van der Waals surface area (Å²) in [7, 11) is 0. The van der Waals surface area contributed by atoms with Crippen LogP contribution in [0.15, 0.2) is 30.3 Å². The van der Waals surface area contributed by atoms with E-state index in [-0.39, 0.29) is 11.9 Å². The molecule has 1 aromatic carbocycles. The van der Waals surface area contributed by atoms with E-state index in [1.165, 1.54) is 19.3 Å². The summed E-state index contributed by atoms with van der Waals surface area (Å²) in [6, 6.07) is 10.2. The zero-order valence-electron chi connectivity index (χ0n) is 13.3. The average molecular weight is 299 g/mol. The highest BCUT2D eigenvalue weighted by molar-refractivity contribution is 5.98. The van der Waals surface area contributed by atoms with E-state index >= 15 is 0 Å². The molecule has 118 valence electrons. The Labute approximate surface area is 131 Å². The molecular formula is C18H25N3O. The smallest absolute Gasteiger partial charge is 0.267 e. The summed E-state index contributed by atoms with van der Waals surface area (Å²) in [6.07, 6.45) is 4.87. The van der Waals surface area contributed by atoms with Crippen molar-refractivity contribution in [3.8, 4) is 0 Å². The van der Waals surface area contributed by atoms with Crippen LogP contribution in [0.2, 0.25) is 0 Å². The molecule has 0 aliphatic carbocycles. The molecule has 4 heteroatoms. The van der Waals surface area contributed by atoms with E-state index in [1.807, 2.05) is 30.3 Å². The SMILES string of the molecule is CCCCCN1CCC(NC(=O)c2cc3ccccc3[nH]2)C1. The number of para-hydroxylation sites is 1. The Bertz CT molecular complexity index is 601. The molecule has 0 spiro atoms. The number of likely N-dealkylation sites (tertiary alicyclic amines) is 1. The van der Waals surface area contributed by atoms with E-state index in [0.29, 0.717) is 5.69 Å². The van der Waals surface area contributed by atoms with Crippen LogP contribution in [0.25, 0.3) is 10.9 Å². The van der Waals surface area contributed by atoms with Gasteiger partial charge in [0.05, 0.1) is 0 Å². The van der Waals surface area contributed by atoms with E-state index < -0.39 is 0 Å². The number of nitrogens with one attached hydrogen (secondary N) is 2. The lowest BCUT2D eigenvalue weighted by atomic mass is 10.2. The average Bonchev–Trinajstić information content (AvgIpc) is 3.14. The number of hydrogen-bond donors (Lipinski definition) is 2. The number of carbonyl (C=O) groups is 1. The Balaban J connectivity index is 1.54. The molecule has 1 fully saturated rings. The Kier molecular flexibility index (Phi) is 4.78. The van der Waals surface area contributed by atoms with Gasteiger partial charge < -0.3 is 15.2 Å². The van der Waals surface area contributed by atoms with E-state index in [9.17, 15) is 4.79 Å². The Morgan fingerprint density at radius 3 is 3.05 bits per heavy atom. The highest BCUT2D eigenvalue weighted by Crippen LogP contribution is 2.16. The fourth-order valence-corrected chi connectivity index (χ4v) is 3.20. The molecule has 1 saturated heterocycles. The van der Waals surface area contributed by atoms with Crippen molar-refractivity contribution in [3.63, 3.8) is 0 Å². The first kappa shape index (κ1) is 15.1. The summed E-state index contributed by atoms with van der Waals surface area (Å²) in [5.41, 5.74) is 1.67. The van der Waals surface area contributed by atoms with Gasteiger partial charge in [-0.25, -0.2) is 0 Å². The molecule has 1 atom stereocenters. The second kappa shape index (κ2) is 6.97. The lowest BCUT2D eigenvalue weighted by Gasteiger charge is -2.16. The molecule has 1 amide bonds. The third kappa shape index (κ3) is 3.50. The van der Waals surface area contributed by atoms with Gasteiger partial charge in [-0.1, -0.05) is 38.0 Å². The van der Waals surface area contributed by atoms with Crippen LogP contribution in [0.4, 0.5) is 0 Å². The molecule has 1 aromatic heterocycles. The van der Waals surface area contributed by atoms with Crippen LogP contribution < -0.4 is 5.32 Å². The molecule has 2 heterocycles. The maximum Gasteiger partial charge on any atom is 0.267 e. The van der Waals surface area contributed by atoms with Crippen molar-refractivity contribution in [2.24, 2.45) is 0 Å². The van der Waals surface area contributed by atoms with E-state index in [4.69, 9.17) is 0 Å². The van der Waals surface area contributed by atoms with Crippen molar-refractivity contribution < 1.29 is 4.79 Å². The van der Waals surface area contributed by atoms with Crippen LogP contribution in [0, 0.1) is 0 Å². The first-order chi connectivity index (χ1) is 10.8. The number of nitrogens with zero attached hydrogens (tertiary/aromatic N) is 1. The van der Waals surface area contributed by atoms with E-state index in [0.717, 1.165) is 37.0 Å². The van der Waals surface area contributed by atoms with E-state index in [1.54, 1.807) is 0 Å². The van der Waals surface area contributed by atoms with Crippen molar-refractivity contribution in [2.45, 2.75) is 38.6 Å². The third-order valence-corrected chi connectivity index (χ3v) is 4.46. The minimum Gasteiger partial charge on any atom is -0.351 e. The van der Waals surface area contributed by atoms with Gasteiger partial charge in [-0.2, -0.15) is 0 Å². The normalized spacial score (nSPS) is 18.9. The van der Waals surface area contributed by atoms with Crippen LogP contribution in [0.5, 0.6) is 0 Å². The number of aromatic nitrogens is 1.